The molecule has 1 aromatic rings. The van der Waals surface area contributed by atoms with E-state index in [-0.39, 0.29) is 0 Å². The first-order valence-corrected chi connectivity index (χ1v) is 12.6. The molecule has 0 aliphatic heterocycles. The molecule has 0 radical (unpaired) electrons. The van der Waals surface area contributed by atoms with E-state index in [1.54, 1.807) is 0 Å². The van der Waals surface area contributed by atoms with Crippen molar-refractivity contribution in [3.8, 4) is 0 Å². The highest BCUT2D eigenvalue weighted by Gasteiger charge is 2.52. The Labute approximate surface area is 182 Å². The molecule has 0 saturated heterocycles. The molecule has 5 aliphatic carbocycles. The first kappa shape index (κ1) is 20.0. The van der Waals surface area contributed by atoms with Crippen molar-refractivity contribution in [2.24, 2.45) is 23.7 Å². The topological polar surface area (TPSA) is 12.0 Å². The van der Waals surface area contributed by atoms with Gasteiger partial charge in [-0.2, -0.15) is 0 Å². The molecule has 6 rings (SSSR count). The molecule has 2 heteroatoms. The molecule has 5 fully saturated rings. The third-order valence-corrected chi connectivity index (χ3v) is 9.16. The smallest absolute Gasteiger partial charge is 0.0446 e. The predicted octanol–water partition coefficient (Wildman–Crippen LogP) is 7.42. The Bertz CT molecular complexity index is 725. The average molecular weight is 412 g/mol. The van der Waals surface area contributed by atoms with E-state index in [0.29, 0.717) is 11.5 Å². The van der Waals surface area contributed by atoms with Gasteiger partial charge in [0.1, 0.15) is 0 Å². The van der Waals surface area contributed by atoms with Gasteiger partial charge in [0.05, 0.1) is 0 Å². The van der Waals surface area contributed by atoms with Crippen molar-refractivity contribution >= 4 is 11.6 Å². The lowest BCUT2D eigenvalue weighted by atomic mass is 9.48. The van der Waals surface area contributed by atoms with E-state index in [9.17, 15) is 0 Å². The molecular weight excluding hydrogens is 374 g/mol. The van der Waals surface area contributed by atoms with Gasteiger partial charge in [-0.15, -0.1) is 0 Å². The summed E-state index contributed by atoms with van der Waals surface area (Å²) in [6.07, 6.45) is 16.4. The molecule has 1 aromatic carbocycles. The second kappa shape index (κ2) is 7.95. The minimum Gasteiger partial charge on any atom is -0.386 e. The maximum atomic E-state index is 6.93. The van der Waals surface area contributed by atoms with E-state index < -0.39 is 0 Å². The lowest BCUT2D eigenvalue weighted by Crippen LogP contribution is -2.48. The summed E-state index contributed by atoms with van der Waals surface area (Å²) < 4.78 is 0. The van der Waals surface area contributed by atoms with Crippen molar-refractivity contribution in [2.45, 2.75) is 95.4 Å². The fraction of sp³-hybridized carbons (Fsp3) is 0.704. The largest absolute Gasteiger partial charge is 0.386 e. The highest BCUT2D eigenvalue weighted by molar-refractivity contribution is 6.31. The number of hydrogen-bond acceptors (Lipinski definition) is 1. The summed E-state index contributed by atoms with van der Waals surface area (Å²) in [5.41, 5.74) is 4.28. The van der Waals surface area contributed by atoms with Crippen LogP contribution in [0, 0.1) is 23.7 Å². The Morgan fingerprint density at radius 3 is 2.28 bits per heavy atom. The highest BCUT2D eigenvalue weighted by Crippen LogP contribution is 2.61. The average Bonchev–Trinajstić information content (AvgIpc) is 2.67. The molecule has 1 unspecified atom stereocenters. The molecule has 158 valence electrons. The molecule has 5 aliphatic rings. The SMILES string of the molecule is C=C(Cc1ccc(C23CC4CC(CC(C4)C2)C3)c(Cl)c1)NC(C)C1CCCCC1. The molecule has 0 amide bonds. The normalized spacial score (nSPS) is 34.9. The molecule has 0 spiro atoms. The van der Waals surface area contributed by atoms with Crippen molar-refractivity contribution in [3.63, 3.8) is 0 Å². The van der Waals surface area contributed by atoms with E-state index in [1.165, 1.54) is 81.8 Å². The van der Waals surface area contributed by atoms with E-state index in [2.05, 4.69) is 37.0 Å². The van der Waals surface area contributed by atoms with Crippen molar-refractivity contribution in [1.82, 2.24) is 5.32 Å². The van der Waals surface area contributed by atoms with Gasteiger partial charge in [0, 0.05) is 23.2 Å². The van der Waals surface area contributed by atoms with Crippen LogP contribution in [0.25, 0.3) is 0 Å². The quantitative estimate of drug-likeness (QED) is 0.513. The van der Waals surface area contributed by atoms with Gasteiger partial charge in [-0.3, -0.25) is 0 Å². The summed E-state index contributed by atoms with van der Waals surface area (Å²) in [5, 5.41) is 4.71. The Kier molecular flexibility index (Phi) is 5.48. The third kappa shape index (κ3) is 4.01. The Morgan fingerprint density at radius 2 is 1.69 bits per heavy atom. The first-order valence-electron chi connectivity index (χ1n) is 12.2. The van der Waals surface area contributed by atoms with Crippen LogP contribution in [0.3, 0.4) is 0 Å². The minimum atomic E-state index is 0.384. The molecular formula is C27H38ClN. The Hall–Kier alpha value is -0.950. The second-order valence-corrected chi connectivity index (χ2v) is 11.5. The first-order chi connectivity index (χ1) is 14.0. The van der Waals surface area contributed by atoms with Crippen LogP contribution >= 0.6 is 11.6 Å². The summed E-state index contributed by atoms with van der Waals surface area (Å²) in [7, 11) is 0. The fourth-order valence-corrected chi connectivity index (χ4v) is 8.31. The van der Waals surface area contributed by atoms with Crippen molar-refractivity contribution < 1.29 is 0 Å². The van der Waals surface area contributed by atoms with Crippen LogP contribution in [0.15, 0.2) is 30.5 Å². The third-order valence-electron chi connectivity index (χ3n) is 8.85. The van der Waals surface area contributed by atoms with Gasteiger partial charge in [0.2, 0.25) is 0 Å². The molecule has 5 saturated carbocycles. The van der Waals surface area contributed by atoms with Gasteiger partial charge in [-0.25, -0.2) is 0 Å². The van der Waals surface area contributed by atoms with Crippen LogP contribution in [0.4, 0.5) is 0 Å². The van der Waals surface area contributed by atoms with Crippen molar-refractivity contribution in [2.75, 3.05) is 0 Å². The summed E-state index contributed by atoms with van der Waals surface area (Å²) in [4.78, 5) is 0. The highest BCUT2D eigenvalue weighted by atomic mass is 35.5. The van der Waals surface area contributed by atoms with Crippen LogP contribution in [-0.2, 0) is 11.8 Å². The standard InChI is InChI=1S/C27H38ClN/c1-18(29-19(2)24-6-4-3-5-7-24)10-20-8-9-25(26(28)14-20)27-15-21-11-22(16-27)13-23(12-21)17-27/h8-9,14,19,21-24,29H,1,3-7,10-13,15-17H2,2H3. The van der Waals surface area contributed by atoms with Gasteiger partial charge in [-0.05, 0) is 105 Å². The lowest BCUT2D eigenvalue weighted by molar-refractivity contribution is -0.00514. The van der Waals surface area contributed by atoms with Crippen LogP contribution in [0.2, 0.25) is 5.02 Å². The van der Waals surface area contributed by atoms with Crippen LogP contribution in [-0.4, -0.2) is 6.04 Å². The molecule has 0 aromatic heterocycles. The fourth-order valence-electron chi connectivity index (χ4n) is 7.91. The number of nitrogens with one attached hydrogen (secondary N) is 1. The number of hydrogen-bond donors (Lipinski definition) is 1. The van der Waals surface area contributed by atoms with Gasteiger partial charge in [0.25, 0.3) is 0 Å². The monoisotopic (exact) mass is 411 g/mol. The number of rotatable bonds is 6. The summed E-state index contributed by atoms with van der Waals surface area (Å²) in [6.45, 7) is 6.67. The van der Waals surface area contributed by atoms with Crippen molar-refractivity contribution in [3.05, 3.63) is 46.6 Å². The van der Waals surface area contributed by atoms with Gasteiger partial charge in [0.15, 0.2) is 0 Å². The lowest BCUT2D eigenvalue weighted by Gasteiger charge is -2.57. The second-order valence-electron chi connectivity index (χ2n) is 11.1. The zero-order valence-corrected chi connectivity index (χ0v) is 18.9. The van der Waals surface area contributed by atoms with E-state index in [0.717, 1.165) is 40.8 Å². The van der Waals surface area contributed by atoms with Crippen molar-refractivity contribution in [1.29, 1.82) is 0 Å². The van der Waals surface area contributed by atoms with E-state index in [4.69, 9.17) is 11.6 Å². The van der Waals surface area contributed by atoms with Crippen LogP contribution in [0.5, 0.6) is 0 Å². The van der Waals surface area contributed by atoms with Gasteiger partial charge in [-0.1, -0.05) is 49.6 Å². The molecule has 1 nitrogen and oxygen atoms in total. The Balaban J connectivity index is 1.25. The van der Waals surface area contributed by atoms with Crippen LogP contribution in [0.1, 0.15) is 88.7 Å². The van der Waals surface area contributed by atoms with E-state index in [1.807, 2.05) is 0 Å². The zero-order chi connectivity index (χ0) is 20.0. The summed E-state index contributed by atoms with van der Waals surface area (Å²) >= 11 is 6.93. The number of halogens is 1. The minimum absolute atomic E-state index is 0.384. The molecule has 1 atom stereocenters. The number of benzene rings is 1. The number of allylic oxidation sites excluding steroid dienone is 1. The maximum Gasteiger partial charge on any atom is 0.0446 e. The van der Waals surface area contributed by atoms with Gasteiger partial charge < -0.3 is 5.32 Å². The summed E-state index contributed by atoms with van der Waals surface area (Å²) in [6, 6.07) is 7.48. The Morgan fingerprint density at radius 1 is 1.07 bits per heavy atom. The van der Waals surface area contributed by atoms with Crippen LogP contribution < -0.4 is 5.32 Å². The van der Waals surface area contributed by atoms with E-state index >= 15 is 0 Å². The van der Waals surface area contributed by atoms with Gasteiger partial charge >= 0.3 is 0 Å². The summed E-state index contributed by atoms with van der Waals surface area (Å²) in [5.74, 6) is 3.69. The molecule has 4 bridgehead atoms. The predicted molar refractivity (Wildman–Crippen MR) is 123 cm³/mol. The zero-order valence-electron chi connectivity index (χ0n) is 18.2. The molecule has 0 heterocycles. The molecule has 1 N–H and O–H groups in total. The maximum absolute atomic E-state index is 6.93. The molecule has 29 heavy (non-hydrogen) atoms.